The molecule has 1 aromatic rings. The van der Waals surface area contributed by atoms with E-state index >= 15 is 0 Å². The number of nitrogens with one attached hydrogen (secondary N) is 1. The van der Waals surface area contributed by atoms with Gasteiger partial charge in [0.05, 0.1) is 5.69 Å². The average Bonchev–Trinajstić information content (AvgIpc) is 2.94. The number of rotatable bonds is 6. The zero-order valence-corrected chi connectivity index (χ0v) is 13.2. The molecule has 2 heterocycles. The van der Waals surface area contributed by atoms with E-state index in [1.807, 2.05) is 11.8 Å². The van der Waals surface area contributed by atoms with E-state index in [1.54, 1.807) is 0 Å². The first-order valence-corrected chi connectivity index (χ1v) is 8.37. The Hall–Kier alpha value is -1.01. The van der Waals surface area contributed by atoms with E-state index < -0.39 is 0 Å². The number of carbonyl (C=O) groups is 1. The topological polar surface area (TPSA) is 58.1 Å². The first-order valence-electron chi connectivity index (χ1n) is 7.60. The Kier molecular flexibility index (Phi) is 5.91. The van der Waals surface area contributed by atoms with Crippen LogP contribution < -0.4 is 5.32 Å². The Balaban J connectivity index is 2.02. The van der Waals surface area contributed by atoms with Crippen molar-refractivity contribution in [1.82, 2.24) is 19.8 Å². The number of aryl methyl sites for hydroxylation is 1. The molecule has 1 aromatic heterocycles. The van der Waals surface area contributed by atoms with E-state index in [4.69, 9.17) is 0 Å². The van der Waals surface area contributed by atoms with E-state index in [-0.39, 0.29) is 5.91 Å². The molecule has 1 atom stereocenters. The molecular weight excluding hydrogens is 272 g/mol. The normalized spacial score (nSPS) is 19.0. The molecule has 1 amide bonds. The molecular formula is C14H24N4OS. The Morgan fingerprint density at radius 3 is 2.95 bits per heavy atom. The van der Waals surface area contributed by atoms with Crippen molar-refractivity contribution in [2.24, 2.45) is 0 Å². The molecule has 1 unspecified atom stereocenters. The van der Waals surface area contributed by atoms with Crippen LogP contribution in [0.25, 0.3) is 0 Å². The fourth-order valence-corrected chi connectivity index (χ4v) is 3.29. The Morgan fingerprint density at radius 2 is 2.30 bits per heavy atom. The fourth-order valence-electron chi connectivity index (χ4n) is 2.62. The highest BCUT2D eigenvalue weighted by atomic mass is 32.1. The lowest BCUT2D eigenvalue weighted by Crippen LogP contribution is -2.45. The highest BCUT2D eigenvalue weighted by Gasteiger charge is 2.24. The highest BCUT2D eigenvalue weighted by molar-refractivity contribution is 7.08. The van der Waals surface area contributed by atoms with Crippen molar-refractivity contribution < 1.29 is 4.79 Å². The zero-order valence-electron chi connectivity index (χ0n) is 12.4. The molecule has 1 saturated heterocycles. The minimum absolute atomic E-state index is 0.0957. The summed E-state index contributed by atoms with van der Waals surface area (Å²) in [5.41, 5.74) is 0.859. The van der Waals surface area contributed by atoms with Crippen molar-refractivity contribution in [2.45, 2.75) is 52.0 Å². The first-order chi connectivity index (χ1) is 9.76. The molecule has 1 aliphatic heterocycles. The lowest BCUT2D eigenvalue weighted by molar-refractivity contribution is 0.0745. The summed E-state index contributed by atoms with van der Waals surface area (Å²) in [6, 6.07) is 0.433. The number of hydrogen-bond acceptors (Lipinski definition) is 5. The third kappa shape index (κ3) is 3.76. The van der Waals surface area contributed by atoms with Crippen LogP contribution in [0.2, 0.25) is 0 Å². The van der Waals surface area contributed by atoms with Crippen LogP contribution in [0, 0.1) is 0 Å². The van der Waals surface area contributed by atoms with Gasteiger partial charge in [-0.3, -0.25) is 4.79 Å². The number of piperidine rings is 1. The Morgan fingerprint density at radius 1 is 1.45 bits per heavy atom. The van der Waals surface area contributed by atoms with Crippen molar-refractivity contribution in [3.05, 3.63) is 10.6 Å². The monoisotopic (exact) mass is 296 g/mol. The van der Waals surface area contributed by atoms with Gasteiger partial charge in [0.15, 0.2) is 0 Å². The lowest BCUT2D eigenvalue weighted by Gasteiger charge is -2.29. The van der Waals surface area contributed by atoms with Gasteiger partial charge in [0, 0.05) is 19.1 Å². The zero-order chi connectivity index (χ0) is 14.4. The van der Waals surface area contributed by atoms with Crippen molar-refractivity contribution in [2.75, 3.05) is 19.6 Å². The summed E-state index contributed by atoms with van der Waals surface area (Å²) in [6.45, 7) is 6.73. The molecule has 0 aliphatic carbocycles. The van der Waals surface area contributed by atoms with Gasteiger partial charge in [-0.15, -0.1) is 5.10 Å². The maximum absolute atomic E-state index is 12.6. The minimum Gasteiger partial charge on any atom is -0.337 e. The number of aromatic nitrogens is 2. The van der Waals surface area contributed by atoms with Crippen LogP contribution in [0.5, 0.6) is 0 Å². The maximum atomic E-state index is 12.6. The molecule has 112 valence electrons. The van der Waals surface area contributed by atoms with Crippen molar-refractivity contribution in [3.63, 3.8) is 0 Å². The molecule has 2 rings (SSSR count). The van der Waals surface area contributed by atoms with E-state index in [0.29, 0.717) is 6.04 Å². The maximum Gasteiger partial charge on any atom is 0.267 e. The number of likely N-dealkylation sites (N-methyl/N-ethyl adjacent to an activating group) is 1. The molecule has 6 heteroatoms. The summed E-state index contributed by atoms with van der Waals surface area (Å²) in [5.74, 6) is 0.0957. The van der Waals surface area contributed by atoms with Crippen LogP contribution >= 0.6 is 11.5 Å². The summed E-state index contributed by atoms with van der Waals surface area (Å²) in [4.78, 5) is 15.3. The molecule has 5 nitrogen and oxygen atoms in total. The van der Waals surface area contributed by atoms with E-state index in [2.05, 4.69) is 21.8 Å². The number of nitrogens with zero attached hydrogens (tertiary/aromatic N) is 3. The van der Waals surface area contributed by atoms with Crippen LogP contribution in [0.1, 0.15) is 54.9 Å². The molecule has 0 aromatic carbocycles. The van der Waals surface area contributed by atoms with Gasteiger partial charge < -0.3 is 10.2 Å². The second kappa shape index (κ2) is 7.69. The summed E-state index contributed by atoms with van der Waals surface area (Å²) in [7, 11) is 0. The van der Waals surface area contributed by atoms with Gasteiger partial charge in [-0.25, -0.2) is 0 Å². The lowest BCUT2D eigenvalue weighted by atomic mass is 10.0. The van der Waals surface area contributed by atoms with Gasteiger partial charge in [-0.2, -0.15) is 0 Å². The van der Waals surface area contributed by atoms with Crippen LogP contribution in [0.15, 0.2) is 0 Å². The van der Waals surface area contributed by atoms with E-state index in [9.17, 15) is 4.79 Å². The van der Waals surface area contributed by atoms with Gasteiger partial charge in [-0.05, 0) is 44.3 Å². The van der Waals surface area contributed by atoms with Gasteiger partial charge >= 0.3 is 0 Å². The summed E-state index contributed by atoms with van der Waals surface area (Å²) < 4.78 is 3.95. The third-order valence-corrected chi connectivity index (χ3v) is 4.51. The second-order valence-electron chi connectivity index (χ2n) is 5.29. The molecule has 20 heavy (non-hydrogen) atoms. The summed E-state index contributed by atoms with van der Waals surface area (Å²) in [5, 5.41) is 7.60. The third-order valence-electron chi connectivity index (χ3n) is 3.76. The van der Waals surface area contributed by atoms with Crippen LogP contribution in [0.4, 0.5) is 0 Å². The predicted octanol–water partition coefficient (Wildman–Crippen LogP) is 2.09. The molecule has 0 spiro atoms. The Bertz CT molecular complexity index is 429. The fraction of sp³-hybridized carbons (Fsp3) is 0.786. The van der Waals surface area contributed by atoms with Crippen LogP contribution in [0.3, 0.4) is 0 Å². The molecule has 1 aliphatic rings. The average molecular weight is 296 g/mol. The number of hydrogen-bond donors (Lipinski definition) is 1. The van der Waals surface area contributed by atoms with Crippen molar-refractivity contribution in [1.29, 1.82) is 0 Å². The van der Waals surface area contributed by atoms with Gasteiger partial charge in [0.2, 0.25) is 0 Å². The van der Waals surface area contributed by atoms with Crippen molar-refractivity contribution in [3.8, 4) is 0 Å². The Labute approximate surface area is 124 Å². The molecule has 0 saturated carbocycles. The molecule has 1 N–H and O–H groups in total. The standard InChI is InChI=1S/C14H24N4OS/c1-3-7-12-13(20-17-16-12)14(19)18(4-2)10-11-8-5-6-9-15-11/h11,15H,3-10H2,1-2H3. The van der Waals surface area contributed by atoms with E-state index in [1.165, 1.54) is 24.4 Å². The smallest absolute Gasteiger partial charge is 0.267 e. The quantitative estimate of drug-likeness (QED) is 0.873. The highest BCUT2D eigenvalue weighted by Crippen LogP contribution is 2.17. The largest absolute Gasteiger partial charge is 0.337 e. The van der Waals surface area contributed by atoms with Gasteiger partial charge in [0.1, 0.15) is 4.88 Å². The predicted molar refractivity (Wildman–Crippen MR) is 81.1 cm³/mol. The minimum atomic E-state index is 0.0957. The SMILES string of the molecule is CCCc1nnsc1C(=O)N(CC)CC1CCCCN1. The van der Waals surface area contributed by atoms with Gasteiger partial charge in [-0.1, -0.05) is 24.3 Å². The number of carbonyl (C=O) groups excluding carboxylic acids is 1. The van der Waals surface area contributed by atoms with Gasteiger partial charge in [0.25, 0.3) is 5.91 Å². The molecule has 0 bridgehead atoms. The van der Waals surface area contributed by atoms with Crippen LogP contribution in [-0.2, 0) is 6.42 Å². The summed E-state index contributed by atoms with van der Waals surface area (Å²) in [6.07, 6.45) is 5.48. The van der Waals surface area contributed by atoms with E-state index in [0.717, 1.165) is 49.5 Å². The molecule has 1 fully saturated rings. The van der Waals surface area contributed by atoms with Crippen LogP contribution in [-0.4, -0.2) is 46.1 Å². The summed E-state index contributed by atoms with van der Waals surface area (Å²) >= 11 is 1.23. The van der Waals surface area contributed by atoms with Crippen molar-refractivity contribution >= 4 is 17.4 Å². The number of amides is 1. The first kappa shape index (κ1) is 15.4. The molecule has 0 radical (unpaired) electrons. The second-order valence-corrected chi connectivity index (χ2v) is 6.04.